The SMILES string of the molecule is C[C@H](OCCC(=O)Nc1ccccc1F)C(=O)O. The summed E-state index contributed by atoms with van der Waals surface area (Å²) < 4.78 is 18.1. The minimum absolute atomic E-state index is 0.0340. The number of ether oxygens (including phenoxy) is 1. The van der Waals surface area contributed by atoms with Crippen molar-refractivity contribution in [1.29, 1.82) is 0 Å². The van der Waals surface area contributed by atoms with E-state index in [1.54, 1.807) is 6.07 Å². The molecule has 1 aromatic rings. The average molecular weight is 255 g/mol. The zero-order valence-corrected chi connectivity index (χ0v) is 9.85. The van der Waals surface area contributed by atoms with Crippen molar-refractivity contribution >= 4 is 17.6 Å². The molecule has 1 rings (SSSR count). The summed E-state index contributed by atoms with van der Waals surface area (Å²) in [4.78, 5) is 21.8. The molecule has 0 aliphatic carbocycles. The highest BCUT2D eigenvalue weighted by Crippen LogP contribution is 2.12. The van der Waals surface area contributed by atoms with Crippen LogP contribution in [0.1, 0.15) is 13.3 Å². The number of hydrogen-bond acceptors (Lipinski definition) is 3. The fourth-order valence-corrected chi connectivity index (χ4v) is 1.17. The van der Waals surface area contributed by atoms with E-state index < -0.39 is 23.8 Å². The summed E-state index contributed by atoms with van der Waals surface area (Å²) in [5.74, 6) is -2.05. The second-order valence-electron chi connectivity index (χ2n) is 3.63. The summed E-state index contributed by atoms with van der Waals surface area (Å²) in [5.41, 5.74) is 0.0915. The van der Waals surface area contributed by atoms with Gasteiger partial charge in [0.15, 0.2) is 6.10 Å². The number of amides is 1. The summed E-state index contributed by atoms with van der Waals surface area (Å²) in [5, 5.41) is 10.9. The number of aliphatic carboxylic acids is 1. The topological polar surface area (TPSA) is 75.6 Å². The first-order valence-electron chi connectivity index (χ1n) is 5.39. The van der Waals surface area contributed by atoms with Gasteiger partial charge in [-0.3, -0.25) is 4.79 Å². The van der Waals surface area contributed by atoms with Crippen molar-refractivity contribution in [2.45, 2.75) is 19.4 Å². The molecule has 1 atom stereocenters. The fraction of sp³-hybridized carbons (Fsp3) is 0.333. The van der Waals surface area contributed by atoms with Crippen LogP contribution in [0.25, 0.3) is 0 Å². The molecular weight excluding hydrogens is 241 g/mol. The third-order valence-corrected chi connectivity index (χ3v) is 2.19. The van der Waals surface area contributed by atoms with E-state index in [-0.39, 0.29) is 18.7 Å². The number of anilines is 1. The lowest BCUT2D eigenvalue weighted by Crippen LogP contribution is -2.22. The highest BCUT2D eigenvalue weighted by Gasteiger charge is 2.12. The van der Waals surface area contributed by atoms with Gasteiger partial charge in [-0.05, 0) is 19.1 Å². The van der Waals surface area contributed by atoms with Crippen molar-refractivity contribution in [3.05, 3.63) is 30.1 Å². The van der Waals surface area contributed by atoms with Crippen molar-refractivity contribution in [1.82, 2.24) is 0 Å². The Morgan fingerprint density at radius 3 is 2.72 bits per heavy atom. The van der Waals surface area contributed by atoms with Gasteiger partial charge in [-0.2, -0.15) is 0 Å². The van der Waals surface area contributed by atoms with Gasteiger partial charge in [0.2, 0.25) is 5.91 Å². The number of rotatable bonds is 6. The van der Waals surface area contributed by atoms with Gasteiger partial charge in [0, 0.05) is 0 Å². The summed E-state index contributed by atoms with van der Waals surface area (Å²) >= 11 is 0. The Hall–Kier alpha value is -1.95. The van der Waals surface area contributed by atoms with Crippen molar-refractivity contribution in [2.24, 2.45) is 0 Å². The quantitative estimate of drug-likeness (QED) is 0.810. The third kappa shape index (κ3) is 4.50. The lowest BCUT2D eigenvalue weighted by Gasteiger charge is -2.09. The highest BCUT2D eigenvalue weighted by atomic mass is 19.1. The number of hydrogen-bond donors (Lipinski definition) is 2. The van der Waals surface area contributed by atoms with E-state index in [2.05, 4.69) is 5.32 Å². The van der Waals surface area contributed by atoms with Gasteiger partial charge >= 0.3 is 5.97 Å². The Kier molecular flexibility index (Phi) is 5.26. The van der Waals surface area contributed by atoms with Crippen LogP contribution in [0.5, 0.6) is 0 Å². The number of nitrogens with one attached hydrogen (secondary N) is 1. The molecule has 0 unspecified atom stereocenters. The Bertz CT molecular complexity index is 436. The van der Waals surface area contributed by atoms with Gasteiger partial charge < -0.3 is 15.2 Å². The van der Waals surface area contributed by atoms with Crippen LogP contribution in [0.4, 0.5) is 10.1 Å². The second kappa shape index (κ2) is 6.70. The van der Waals surface area contributed by atoms with Gasteiger partial charge in [-0.15, -0.1) is 0 Å². The minimum Gasteiger partial charge on any atom is -0.479 e. The van der Waals surface area contributed by atoms with Crippen LogP contribution < -0.4 is 5.32 Å². The van der Waals surface area contributed by atoms with E-state index >= 15 is 0 Å². The van der Waals surface area contributed by atoms with E-state index in [1.807, 2.05) is 0 Å². The van der Waals surface area contributed by atoms with E-state index in [9.17, 15) is 14.0 Å². The molecule has 5 nitrogen and oxygen atoms in total. The van der Waals surface area contributed by atoms with Crippen molar-refractivity contribution < 1.29 is 23.8 Å². The molecule has 2 N–H and O–H groups in total. The number of halogens is 1. The lowest BCUT2D eigenvalue weighted by molar-refractivity contribution is -0.149. The molecule has 0 aliphatic rings. The van der Waals surface area contributed by atoms with Crippen LogP contribution in [0.15, 0.2) is 24.3 Å². The normalized spacial score (nSPS) is 11.9. The lowest BCUT2D eigenvalue weighted by atomic mass is 10.3. The third-order valence-electron chi connectivity index (χ3n) is 2.19. The largest absolute Gasteiger partial charge is 0.479 e. The molecular formula is C12H14FNO4. The number of carbonyl (C=O) groups excluding carboxylic acids is 1. The van der Waals surface area contributed by atoms with Gasteiger partial charge in [0.1, 0.15) is 5.82 Å². The number of carbonyl (C=O) groups is 2. The van der Waals surface area contributed by atoms with Crippen LogP contribution in [0, 0.1) is 5.82 Å². The van der Waals surface area contributed by atoms with Crippen LogP contribution >= 0.6 is 0 Å². The molecule has 0 bridgehead atoms. The molecule has 1 amide bonds. The van der Waals surface area contributed by atoms with Gasteiger partial charge in [-0.1, -0.05) is 12.1 Å². The fourth-order valence-electron chi connectivity index (χ4n) is 1.17. The van der Waals surface area contributed by atoms with Crippen molar-refractivity contribution in [2.75, 3.05) is 11.9 Å². The number of para-hydroxylation sites is 1. The molecule has 18 heavy (non-hydrogen) atoms. The first-order chi connectivity index (χ1) is 8.50. The molecule has 0 spiro atoms. The Morgan fingerprint density at radius 1 is 1.44 bits per heavy atom. The first-order valence-corrected chi connectivity index (χ1v) is 5.39. The minimum atomic E-state index is -1.09. The standard InChI is InChI=1S/C12H14FNO4/c1-8(12(16)17)18-7-6-11(15)14-10-5-3-2-4-9(10)13/h2-5,8H,6-7H2,1H3,(H,14,15)(H,16,17)/t8-/m0/s1. The predicted octanol–water partition coefficient (Wildman–Crippen LogP) is 1.64. The van der Waals surface area contributed by atoms with Crippen LogP contribution in [-0.2, 0) is 14.3 Å². The Morgan fingerprint density at radius 2 is 2.11 bits per heavy atom. The van der Waals surface area contributed by atoms with Crippen molar-refractivity contribution in [3.63, 3.8) is 0 Å². The zero-order valence-electron chi connectivity index (χ0n) is 9.85. The van der Waals surface area contributed by atoms with E-state index in [1.165, 1.54) is 25.1 Å². The molecule has 0 aromatic heterocycles. The van der Waals surface area contributed by atoms with Gasteiger partial charge in [0.25, 0.3) is 0 Å². The monoisotopic (exact) mass is 255 g/mol. The molecule has 1 aromatic carbocycles. The summed E-state index contributed by atoms with van der Waals surface area (Å²) in [6, 6.07) is 5.79. The number of carboxylic acid groups (broad SMARTS) is 1. The Balaban J connectivity index is 2.35. The molecule has 0 heterocycles. The molecule has 98 valence electrons. The van der Waals surface area contributed by atoms with E-state index in [0.717, 1.165) is 0 Å². The maximum atomic E-state index is 13.2. The van der Waals surface area contributed by atoms with Gasteiger partial charge in [0.05, 0.1) is 18.7 Å². The predicted molar refractivity (Wildman–Crippen MR) is 62.7 cm³/mol. The van der Waals surface area contributed by atoms with Crippen LogP contribution in [0.3, 0.4) is 0 Å². The van der Waals surface area contributed by atoms with Crippen molar-refractivity contribution in [3.8, 4) is 0 Å². The maximum Gasteiger partial charge on any atom is 0.332 e. The first kappa shape index (κ1) is 14.1. The molecule has 0 aliphatic heterocycles. The smallest absolute Gasteiger partial charge is 0.332 e. The van der Waals surface area contributed by atoms with Gasteiger partial charge in [-0.25, -0.2) is 9.18 Å². The molecule has 0 radical (unpaired) electrons. The van der Waals surface area contributed by atoms with Crippen LogP contribution in [0.2, 0.25) is 0 Å². The average Bonchev–Trinajstić information content (AvgIpc) is 2.32. The zero-order chi connectivity index (χ0) is 13.5. The maximum absolute atomic E-state index is 13.2. The number of carboxylic acids is 1. The highest BCUT2D eigenvalue weighted by molar-refractivity contribution is 5.90. The number of benzene rings is 1. The molecule has 0 saturated heterocycles. The van der Waals surface area contributed by atoms with E-state index in [0.29, 0.717) is 0 Å². The molecule has 0 saturated carbocycles. The second-order valence-corrected chi connectivity index (χ2v) is 3.63. The summed E-state index contributed by atoms with van der Waals surface area (Å²) in [6.45, 7) is 1.34. The summed E-state index contributed by atoms with van der Waals surface area (Å²) in [7, 11) is 0. The molecule has 6 heteroatoms. The summed E-state index contributed by atoms with van der Waals surface area (Å²) in [6.07, 6.45) is -1.00. The molecule has 0 fully saturated rings. The van der Waals surface area contributed by atoms with Crippen LogP contribution in [-0.4, -0.2) is 29.7 Å². The Labute approximate surface area is 104 Å². The van der Waals surface area contributed by atoms with E-state index in [4.69, 9.17) is 9.84 Å².